The highest BCUT2D eigenvalue weighted by molar-refractivity contribution is 5.74. The van der Waals surface area contributed by atoms with Gasteiger partial charge in [0.2, 0.25) is 0 Å². The van der Waals surface area contributed by atoms with Crippen molar-refractivity contribution in [2.24, 2.45) is 5.92 Å². The Balaban J connectivity index is 1.80. The zero-order chi connectivity index (χ0) is 13.7. The first-order chi connectivity index (χ1) is 9.16. The fraction of sp³-hybridized carbons (Fsp3) is 0.385. The SMILES string of the molecule is O=C(N[C@H]1CNC[C@H]1C(=O)O)OCc1ccccc1. The number of carboxylic acids is 1. The number of hydrogen-bond donors (Lipinski definition) is 3. The Labute approximate surface area is 110 Å². The van der Waals surface area contributed by atoms with Gasteiger partial charge >= 0.3 is 12.1 Å². The average molecular weight is 264 g/mol. The Morgan fingerprint density at radius 1 is 1.32 bits per heavy atom. The van der Waals surface area contributed by atoms with E-state index in [9.17, 15) is 9.59 Å². The number of amides is 1. The van der Waals surface area contributed by atoms with E-state index < -0.39 is 24.0 Å². The molecule has 1 amide bonds. The van der Waals surface area contributed by atoms with Crippen LogP contribution in [0.3, 0.4) is 0 Å². The smallest absolute Gasteiger partial charge is 0.407 e. The van der Waals surface area contributed by atoms with Crippen LogP contribution >= 0.6 is 0 Å². The second kappa shape index (κ2) is 6.19. The number of hydrogen-bond acceptors (Lipinski definition) is 4. The minimum atomic E-state index is -0.918. The highest BCUT2D eigenvalue weighted by Gasteiger charge is 2.34. The van der Waals surface area contributed by atoms with E-state index in [2.05, 4.69) is 10.6 Å². The minimum Gasteiger partial charge on any atom is -0.481 e. The molecule has 0 aromatic heterocycles. The van der Waals surface area contributed by atoms with Gasteiger partial charge in [-0.25, -0.2) is 4.79 Å². The number of nitrogens with one attached hydrogen (secondary N) is 2. The van der Waals surface area contributed by atoms with Crippen LogP contribution in [0.5, 0.6) is 0 Å². The van der Waals surface area contributed by atoms with Crippen LogP contribution < -0.4 is 10.6 Å². The van der Waals surface area contributed by atoms with Gasteiger partial charge in [0.25, 0.3) is 0 Å². The van der Waals surface area contributed by atoms with Gasteiger partial charge in [0, 0.05) is 13.1 Å². The number of rotatable bonds is 4. The summed E-state index contributed by atoms with van der Waals surface area (Å²) in [6, 6.07) is 8.87. The van der Waals surface area contributed by atoms with E-state index >= 15 is 0 Å². The molecule has 0 aliphatic carbocycles. The molecular formula is C13H16N2O4. The molecule has 1 saturated heterocycles. The normalized spacial score (nSPS) is 21.9. The van der Waals surface area contributed by atoms with Crippen LogP contribution in [0.25, 0.3) is 0 Å². The molecule has 2 rings (SSSR count). The van der Waals surface area contributed by atoms with Gasteiger partial charge in [-0.3, -0.25) is 4.79 Å². The zero-order valence-electron chi connectivity index (χ0n) is 10.3. The Bertz CT molecular complexity index is 449. The number of ether oxygens (including phenoxy) is 1. The largest absolute Gasteiger partial charge is 0.481 e. The van der Waals surface area contributed by atoms with Gasteiger partial charge in [0.15, 0.2) is 0 Å². The molecule has 0 radical (unpaired) electrons. The maximum atomic E-state index is 11.6. The molecule has 0 unspecified atom stereocenters. The molecule has 1 aliphatic rings. The second-order valence-corrected chi connectivity index (χ2v) is 4.42. The van der Waals surface area contributed by atoms with Crippen molar-refractivity contribution < 1.29 is 19.4 Å². The first-order valence-corrected chi connectivity index (χ1v) is 6.07. The van der Waals surface area contributed by atoms with Gasteiger partial charge in [0.05, 0.1) is 12.0 Å². The monoisotopic (exact) mass is 264 g/mol. The maximum absolute atomic E-state index is 11.6. The highest BCUT2D eigenvalue weighted by Crippen LogP contribution is 2.09. The molecule has 0 bridgehead atoms. The second-order valence-electron chi connectivity index (χ2n) is 4.42. The van der Waals surface area contributed by atoms with Crippen LogP contribution in [0.2, 0.25) is 0 Å². The summed E-state index contributed by atoms with van der Waals surface area (Å²) >= 11 is 0. The molecule has 2 atom stereocenters. The third-order valence-electron chi connectivity index (χ3n) is 3.05. The van der Waals surface area contributed by atoms with Gasteiger partial charge < -0.3 is 20.5 Å². The molecule has 1 aromatic carbocycles. The number of alkyl carbamates (subject to hydrolysis) is 1. The van der Waals surface area contributed by atoms with Gasteiger partial charge in [-0.1, -0.05) is 30.3 Å². The molecule has 1 aliphatic heterocycles. The summed E-state index contributed by atoms with van der Waals surface area (Å²) in [6.45, 7) is 0.973. The fourth-order valence-corrected chi connectivity index (χ4v) is 2.01. The molecule has 0 spiro atoms. The lowest BCUT2D eigenvalue weighted by atomic mass is 10.0. The lowest BCUT2D eigenvalue weighted by Crippen LogP contribution is -2.43. The van der Waals surface area contributed by atoms with Crippen molar-refractivity contribution in [2.75, 3.05) is 13.1 Å². The van der Waals surface area contributed by atoms with Gasteiger partial charge in [-0.15, -0.1) is 0 Å². The Morgan fingerprint density at radius 2 is 2.05 bits per heavy atom. The third-order valence-corrected chi connectivity index (χ3v) is 3.05. The van der Waals surface area contributed by atoms with Crippen molar-refractivity contribution in [3.63, 3.8) is 0 Å². The van der Waals surface area contributed by atoms with E-state index in [0.29, 0.717) is 13.1 Å². The van der Waals surface area contributed by atoms with Gasteiger partial charge in [-0.2, -0.15) is 0 Å². The molecule has 1 aromatic rings. The summed E-state index contributed by atoms with van der Waals surface area (Å²) < 4.78 is 5.05. The summed E-state index contributed by atoms with van der Waals surface area (Å²) in [6.07, 6.45) is -0.594. The van der Waals surface area contributed by atoms with Gasteiger partial charge in [0.1, 0.15) is 6.61 Å². The molecule has 0 saturated carbocycles. The Kier molecular flexibility index (Phi) is 4.35. The van der Waals surface area contributed by atoms with Crippen LogP contribution in [-0.2, 0) is 16.1 Å². The molecular weight excluding hydrogens is 248 g/mol. The van der Waals surface area contributed by atoms with E-state index in [1.165, 1.54) is 0 Å². The molecule has 6 heteroatoms. The minimum absolute atomic E-state index is 0.171. The number of benzene rings is 1. The third kappa shape index (κ3) is 3.69. The van der Waals surface area contributed by atoms with E-state index in [-0.39, 0.29) is 6.61 Å². The van der Waals surface area contributed by atoms with E-state index in [1.54, 1.807) is 0 Å². The lowest BCUT2D eigenvalue weighted by molar-refractivity contribution is -0.141. The quantitative estimate of drug-likeness (QED) is 0.740. The number of aliphatic carboxylic acids is 1. The molecule has 19 heavy (non-hydrogen) atoms. The van der Waals surface area contributed by atoms with Crippen LogP contribution in [0, 0.1) is 5.92 Å². The summed E-state index contributed by atoms with van der Waals surface area (Å²) in [7, 11) is 0. The average Bonchev–Trinajstić information content (AvgIpc) is 2.86. The zero-order valence-corrected chi connectivity index (χ0v) is 10.3. The lowest BCUT2D eigenvalue weighted by Gasteiger charge is -2.16. The number of carboxylic acid groups (broad SMARTS) is 1. The molecule has 1 fully saturated rings. The van der Waals surface area contributed by atoms with E-state index in [4.69, 9.17) is 9.84 Å². The molecule has 3 N–H and O–H groups in total. The summed E-state index contributed by atoms with van der Waals surface area (Å²) in [4.78, 5) is 22.5. The summed E-state index contributed by atoms with van der Waals surface area (Å²) in [5.41, 5.74) is 0.886. The van der Waals surface area contributed by atoms with Crippen LogP contribution in [-0.4, -0.2) is 36.3 Å². The predicted molar refractivity (Wildman–Crippen MR) is 67.5 cm³/mol. The van der Waals surface area contributed by atoms with Crippen molar-refractivity contribution >= 4 is 12.1 Å². The Hall–Kier alpha value is -2.08. The molecule has 6 nitrogen and oxygen atoms in total. The predicted octanol–water partition coefficient (Wildman–Crippen LogP) is 0.585. The first kappa shape index (κ1) is 13.4. The van der Waals surface area contributed by atoms with E-state index in [1.807, 2.05) is 30.3 Å². The van der Waals surface area contributed by atoms with Crippen LogP contribution in [0.1, 0.15) is 5.56 Å². The molecule has 102 valence electrons. The van der Waals surface area contributed by atoms with Crippen molar-refractivity contribution in [3.8, 4) is 0 Å². The van der Waals surface area contributed by atoms with Crippen molar-refractivity contribution in [1.82, 2.24) is 10.6 Å². The van der Waals surface area contributed by atoms with Crippen molar-refractivity contribution in [2.45, 2.75) is 12.6 Å². The van der Waals surface area contributed by atoms with Gasteiger partial charge in [-0.05, 0) is 5.56 Å². The van der Waals surface area contributed by atoms with Crippen LogP contribution in [0.4, 0.5) is 4.79 Å². The highest BCUT2D eigenvalue weighted by atomic mass is 16.5. The summed E-state index contributed by atoms with van der Waals surface area (Å²) in [5, 5.41) is 14.5. The van der Waals surface area contributed by atoms with Crippen LogP contribution in [0.15, 0.2) is 30.3 Å². The standard InChI is InChI=1S/C13H16N2O4/c16-12(17)10-6-14-7-11(10)15-13(18)19-8-9-4-2-1-3-5-9/h1-5,10-11,14H,6-8H2,(H,15,18)(H,16,17)/t10-,11+/m1/s1. The summed E-state index contributed by atoms with van der Waals surface area (Å²) in [5.74, 6) is -1.53. The number of carbonyl (C=O) groups is 2. The number of carbonyl (C=O) groups excluding carboxylic acids is 1. The fourth-order valence-electron chi connectivity index (χ4n) is 2.01. The van der Waals surface area contributed by atoms with E-state index in [0.717, 1.165) is 5.56 Å². The first-order valence-electron chi connectivity index (χ1n) is 6.07. The van der Waals surface area contributed by atoms with Crippen molar-refractivity contribution in [3.05, 3.63) is 35.9 Å². The van der Waals surface area contributed by atoms with Crippen molar-refractivity contribution in [1.29, 1.82) is 0 Å². The topological polar surface area (TPSA) is 87.7 Å². The molecule has 1 heterocycles. The Morgan fingerprint density at radius 3 is 2.74 bits per heavy atom. The maximum Gasteiger partial charge on any atom is 0.407 e.